The minimum atomic E-state index is -1.92. The minimum Gasteiger partial charge on any atom is -0.308 e. The van der Waals surface area contributed by atoms with E-state index in [1.54, 1.807) is 0 Å². The van der Waals surface area contributed by atoms with Crippen molar-refractivity contribution in [3.05, 3.63) is 262 Å². The van der Waals surface area contributed by atoms with Gasteiger partial charge >= 0.3 is 17.2 Å². The molecule has 5 aliphatic rings. The van der Waals surface area contributed by atoms with Crippen molar-refractivity contribution < 1.29 is 27.1 Å². The summed E-state index contributed by atoms with van der Waals surface area (Å²) in [5, 5.41) is 0. The van der Waals surface area contributed by atoms with Crippen molar-refractivity contribution >= 4 is 17.2 Å². The smallest absolute Gasteiger partial charge is 0.308 e. The number of fused-ring (bicyclic) bond motifs is 8. The first-order chi connectivity index (χ1) is 32.3. The summed E-state index contributed by atoms with van der Waals surface area (Å²) in [7, 11) is -3.85. The van der Waals surface area contributed by atoms with E-state index in [9.17, 15) is 0 Å². The van der Waals surface area contributed by atoms with E-state index in [-0.39, 0.29) is 36.9 Å². The molecule has 11 rings (SSSR count). The highest BCUT2D eigenvalue weighted by Gasteiger charge is 2.71. The SMILES string of the molecule is CC1C=C2C(C)C3=C1C(C)C=C(C3C)C1(c3ccccc3)OP(OC/C=C\COP3OC2(c2ccccc2)C(c2ccccc2)(c2ccccc2)O3)OC1(c1ccccc1)c1ccccc1. The molecule has 332 valence electrons. The van der Waals surface area contributed by atoms with Gasteiger partial charge < -0.3 is 9.05 Å². The Morgan fingerprint density at radius 2 is 0.606 bits per heavy atom. The first-order valence-corrected chi connectivity index (χ1v) is 25.3. The third-order valence-electron chi connectivity index (χ3n) is 14.5. The Morgan fingerprint density at radius 1 is 0.348 bits per heavy atom. The van der Waals surface area contributed by atoms with Crippen molar-refractivity contribution in [2.24, 2.45) is 23.7 Å². The summed E-state index contributed by atoms with van der Waals surface area (Å²) in [6.07, 6.45) is 8.92. The maximum Gasteiger partial charge on any atom is 0.335 e. The fourth-order valence-corrected chi connectivity index (χ4v) is 14.9. The molecule has 66 heavy (non-hydrogen) atoms. The van der Waals surface area contributed by atoms with Gasteiger partial charge in [-0.2, -0.15) is 0 Å². The van der Waals surface area contributed by atoms with Crippen LogP contribution in [0.4, 0.5) is 0 Å². The van der Waals surface area contributed by atoms with E-state index in [0.717, 1.165) is 44.5 Å². The van der Waals surface area contributed by atoms with Gasteiger partial charge in [-0.05, 0) is 56.4 Å². The molecule has 7 bridgehead atoms. The molecule has 6 nitrogen and oxygen atoms in total. The van der Waals surface area contributed by atoms with Crippen molar-refractivity contribution in [2.45, 2.75) is 50.1 Å². The van der Waals surface area contributed by atoms with E-state index in [1.807, 2.05) is 12.2 Å². The average molecular weight is 909 g/mol. The molecule has 6 aromatic rings. The molecule has 6 aromatic carbocycles. The fraction of sp³-hybridized carbons (Fsp3) is 0.241. The van der Waals surface area contributed by atoms with E-state index in [1.165, 1.54) is 11.1 Å². The molecule has 3 heterocycles. The Balaban J connectivity index is 1.20. The zero-order chi connectivity index (χ0) is 44.9. The first kappa shape index (κ1) is 43.5. The second-order valence-electron chi connectivity index (χ2n) is 18.0. The lowest BCUT2D eigenvalue weighted by Gasteiger charge is -2.52. The molecule has 0 N–H and O–H groups in total. The van der Waals surface area contributed by atoms with Crippen LogP contribution in [0.2, 0.25) is 0 Å². The topological polar surface area (TPSA) is 55.4 Å². The second-order valence-corrected chi connectivity index (χ2v) is 20.1. The molecule has 0 amide bonds. The number of hydrogen-bond donors (Lipinski definition) is 0. The summed E-state index contributed by atoms with van der Waals surface area (Å²) in [6, 6.07) is 63.8. The Kier molecular flexibility index (Phi) is 11.5. The molecule has 8 atom stereocenters. The molecule has 0 saturated carbocycles. The van der Waals surface area contributed by atoms with Crippen LogP contribution in [0, 0.1) is 23.7 Å². The van der Waals surface area contributed by atoms with E-state index in [2.05, 4.69) is 222 Å². The molecule has 3 aliphatic heterocycles. The van der Waals surface area contributed by atoms with Crippen LogP contribution in [0.15, 0.2) is 229 Å². The van der Waals surface area contributed by atoms with E-state index < -0.39 is 39.6 Å². The first-order valence-electron chi connectivity index (χ1n) is 23.1. The van der Waals surface area contributed by atoms with Crippen LogP contribution >= 0.6 is 17.2 Å². The van der Waals surface area contributed by atoms with Gasteiger partial charge in [0.15, 0.2) is 22.4 Å². The molecule has 8 unspecified atom stereocenters. The number of hydrogen-bond acceptors (Lipinski definition) is 6. The van der Waals surface area contributed by atoms with Crippen LogP contribution in [0.1, 0.15) is 61.1 Å². The van der Waals surface area contributed by atoms with Gasteiger partial charge in [0.25, 0.3) is 0 Å². The highest BCUT2D eigenvalue weighted by Crippen LogP contribution is 2.75. The normalized spacial score (nSPS) is 30.5. The summed E-state index contributed by atoms with van der Waals surface area (Å²) in [4.78, 5) is 0. The van der Waals surface area contributed by atoms with Crippen LogP contribution in [0.25, 0.3) is 0 Å². The fourth-order valence-electron chi connectivity index (χ4n) is 11.9. The van der Waals surface area contributed by atoms with Gasteiger partial charge in [-0.25, -0.2) is 0 Å². The summed E-state index contributed by atoms with van der Waals surface area (Å²) >= 11 is 0. The molecule has 0 spiro atoms. The van der Waals surface area contributed by atoms with Crippen molar-refractivity contribution in [3.63, 3.8) is 0 Å². The Labute approximate surface area is 391 Å². The van der Waals surface area contributed by atoms with Gasteiger partial charge in [0.05, 0.1) is 13.2 Å². The predicted octanol–water partition coefficient (Wildman–Crippen LogP) is 14.5. The van der Waals surface area contributed by atoms with Crippen LogP contribution < -0.4 is 0 Å². The summed E-state index contributed by atoms with van der Waals surface area (Å²) in [6.45, 7) is 9.95. The zero-order valence-electron chi connectivity index (χ0n) is 37.7. The Hall–Kier alpha value is -5.10. The van der Waals surface area contributed by atoms with Gasteiger partial charge in [-0.1, -0.05) is 245 Å². The average Bonchev–Trinajstić information content (AvgIpc) is 3.92. The molecular formula is C58H54O6P2. The summed E-state index contributed by atoms with van der Waals surface area (Å²) in [5.41, 5.74) is 6.36. The van der Waals surface area contributed by atoms with E-state index in [0.29, 0.717) is 0 Å². The Bertz CT molecular complexity index is 2530. The standard InChI is InChI=1S/C58H54O6P2/c1-41-39-51-43(3)54-44(4)52(40-42(2)53(41)54)58(50-35-21-10-22-36-50)56(47-29-15-7-16-30-47,48-31-17-8-18-32-48)62-66(64-58)60-38-24-23-37-59-65-61-55(45-25-11-5-12-26-45,46-27-13-6-14-28-46)57(51,63-65)49-33-19-9-20-34-49/h5-36,39-44H,37-38H2,1-4H3/b24-23-. The number of benzene rings is 6. The molecular weight excluding hydrogens is 855 g/mol. The van der Waals surface area contributed by atoms with Crippen molar-refractivity contribution in [2.75, 3.05) is 13.2 Å². The van der Waals surface area contributed by atoms with Crippen LogP contribution in [-0.2, 0) is 49.5 Å². The summed E-state index contributed by atoms with van der Waals surface area (Å²) in [5.74, 6) is -0.160. The zero-order valence-corrected chi connectivity index (χ0v) is 39.5. The van der Waals surface area contributed by atoms with E-state index >= 15 is 0 Å². The minimum absolute atomic E-state index is 0.0505. The lowest BCUT2D eigenvalue weighted by molar-refractivity contribution is -0.0103. The molecule has 0 aromatic heterocycles. The molecule has 2 fully saturated rings. The van der Waals surface area contributed by atoms with Crippen molar-refractivity contribution in [1.82, 2.24) is 0 Å². The third kappa shape index (κ3) is 6.53. The summed E-state index contributed by atoms with van der Waals surface area (Å²) < 4.78 is 44.1. The largest absolute Gasteiger partial charge is 0.335 e. The second kappa shape index (κ2) is 17.5. The molecule has 2 aliphatic carbocycles. The molecule has 2 saturated heterocycles. The maximum atomic E-state index is 7.73. The lowest BCUT2D eigenvalue weighted by atomic mass is 9.55. The molecule has 8 heteroatoms. The number of rotatable bonds is 6. The maximum absolute atomic E-state index is 7.73. The van der Waals surface area contributed by atoms with Crippen molar-refractivity contribution in [3.8, 4) is 0 Å². The van der Waals surface area contributed by atoms with Crippen LogP contribution in [0.5, 0.6) is 0 Å². The highest BCUT2D eigenvalue weighted by atomic mass is 31.2. The highest BCUT2D eigenvalue weighted by molar-refractivity contribution is 7.42. The monoisotopic (exact) mass is 908 g/mol. The quantitative estimate of drug-likeness (QED) is 0.123. The third-order valence-corrected chi connectivity index (χ3v) is 16.9. The van der Waals surface area contributed by atoms with Gasteiger partial charge in [-0.15, -0.1) is 0 Å². The number of allylic oxidation sites excluding steroid dienone is 4. The van der Waals surface area contributed by atoms with Gasteiger partial charge in [0, 0.05) is 11.8 Å². The predicted molar refractivity (Wildman–Crippen MR) is 263 cm³/mol. The van der Waals surface area contributed by atoms with Gasteiger partial charge in [0.1, 0.15) is 0 Å². The van der Waals surface area contributed by atoms with E-state index in [4.69, 9.17) is 27.1 Å². The van der Waals surface area contributed by atoms with Crippen molar-refractivity contribution in [1.29, 1.82) is 0 Å². The van der Waals surface area contributed by atoms with Gasteiger partial charge in [0.2, 0.25) is 0 Å². The lowest BCUT2D eigenvalue weighted by Crippen LogP contribution is -2.53. The van der Waals surface area contributed by atoms with Crippen LogP contribution in [0.3, 0.4) is 0 Å². The van der Waals surface area contributed by atoms with Gasteiger partial charge in [-0.3, -0.25) is 18.1 Å². The Morgan fingerprint density at radius 3 is 0.894 bits per heavy atom. The van der Waals surface area contributed by atoms with Crippen LogP contribution in [-0.4, -0.2) is 13.2 Å². The molecule has 0 radical (unpaired) electrons.